The number of hydrogen-bond acceptors (Lipinski definition) is 8. The number of anilines is 1. The van der Waals surface area contributed by atoms with Crippen LogP contribution in [0.25, 0.3) is 0 Å². The number of ether oxygens (including phenoxy) is 2. The van der Waals surface area contributed by atoms with Crippen LogP contribution in [-0.4, -0.2) is 85.6 Å². The summed E-state index contributed by atoms with van der Waals surface area (Å²) >= 11 is 0. The second kappa shape index (κ2) is 15.7. The number of aromatic hydroxyl groups is 1. The van der Waals surface area contributed by atoms with Gasteiger partial charge in [-0.15, -0.1) is 0 Å². The van der Waals surface area contributed by atoms with Gasteiger partial charge < -0.3 is 24.4 Å². The number of methoxy groups -OCH3 is 1. The molecule has 4 aromatic carbocycles. The zero-order valence-corrected chi connectivity index (χ0v) is 31.6. The average molecular weight is 757 g/mol. The second-order valence-electron chi connectivity index (χ2n) is 15.3. The molecule has 11 heteroatoms. The molecule has 0 radical (unpaired) electrons. The van der Waals surface area contributed by atoms with Gasteiger partial charge >= 0.3 is 0 Å². The third-order valence-corrected chi connectivity index (χ3v) is 11.6. The van der Waals surface area contributed by atoms with Gasteiger partial charge in [-0.2, -0.15) is 0 Å². The molecular weight excluding hydrogens is 712 g/mol. The third-order valence-electron chi connectivity index (χ3n) is 11.6. The van der Waals surface area contributed by atoms with E-state index in [0.717, 1.165) is 66.0 Å². The monoisotopic (exact) mass is 756 g/mol. The number of carbonyl (C=O) groups is 3. The van der Waals surface area contributed by atoms with E-state index in [1.54, 1.807) is 36.3 Å². The minimum Gasteiger partial charge on any atom is -0.508 e. The Kier molecular flexibility index (Phi) is 10.4. The van der Waals surface area contributed by atoms with E-state index in [2.05, 4.69) is 34.0 Å². The van der Waals surface area contributed by atoms with E-state index in [0.29, 0.717) is 49.0 Å². The van der Waals surface area contributed by atoms with Gasteiger partial charge in [0.05, 0.1) is 25.9 Å². The maximum atomic E-state index is 16.1. The highest BCUT2D eigenvalue weighted by molar-refractivity contribution is 6.05. The summed E-state index contributed by atoms with van der Waals surface area (Å²) in [5.41, 5.74) is 5.64. The van der Waals surface area contributed by atoms with E-state index in [1.807, 2.05) is 54.6 Å². The Morgan fingerprint density at radius 1 is 0.982 bits per heavy atom. The van der Waals surface area contributed by atoms with Crippen LogP contribution in [0.15, 0.2) is 78.9 Å². The number of phenols is 1. The second-order valence-corrected chi connectivity index (χ2v) is 15.3. The molecule has 0 aliphatic carbocycles. The van der Waals surface area contributed by atoms with E-state index in [1.165, 1.54) is 0 Å². The molecule has 8 rings (SSSR count). The number of nitrogens with one attached hydrogen (secondary N) is 1. The lowest BCUT2D eigenvalue weighted by molar-refractivity contribution is -0.136. The molecule has 3 amide bonds. The minimum absolute atomic E-state index is 0.0817. The van der Waals surface area contributed by atoms with Crippen molar-refractivity contribution < 1.29 is 33.4 Å². The summed E-state index contributed by atoms with van der Waals surface area (Å²) < 4.78 is 27.7. The Morgan fingerprint density at radius 2 is 1.82 bits per heavy atom. The molecule has 0 bridgehead atoms. The molecule has 1 unspecified atom stereocenters. The fourth-order valence-electron chi connectivity index (χ4n) is 8.73. The summed E-state index contributed by atoms with van der Waals surface area (Å²) in [6, 6.07) is 23.6. The Bertz CT molecular complexity index is 2240. The zero-order chi connectivity index (χ0) is 38.9. The number of piperidine rings is 2. The number of imide groups is 1. The van der Waals surface area contributed by atoms with Gasteiger partial charge in [0, 0.05) is 67.2 Å². The molecule has 4 aromatic rings. The first-order chi connectivity index (χ1) is 27.1. The number of carbonyl (C=O) groups excluding carboxylic acids is 3. The van der Waals surface area contributed by atoms with Crippen molar-refractivity contribution in [2.24, 2.45) is 5.92 Å². The fourth-order valence-corrected chi connectivity index (χ4v) is 8.73. The lowest BCUT2D eigenvalue weighted by Crippen LogP contribution is -2.52. The zero-order valence-electron chi connectivity index (χ0n) is 31.6. The molecule has 4 aliphatic heterocycles. The normalized spacial score (nSPS) is 20.9. The molecule has 2 saturated heterocycles. The summed E-state index contributed by atoms with van der Waals surface area (Å²) in [7, 11) is 3.70. The first-order valence-electron chi connectivity index (χ1n) is 19.2. The van der Waals surface area contributed by atoms with Crippen LogP contribution in [0.1, 0.15) is 75.7 Å². The largest absolute Gasteiger partial charge is 0.508 e. The first kappa shape index (κ1) is 37.1. The van der Waals surface area contributed by atoms with Gasteiger partial charge in [-0.05, 0) is 97.4 Å². The number of phenolic OH excluding ortho intramolecular Hbond substituents is 1. The van der Waals surface area contributed by atoms with Crippen molar-refractivity contribution in [1.82, 2.24) is 15.1 Å². The molecule has 288 valence electrons. The van der Waals surface area contributed by atoms with Gasteiger partial charge in [-0.1, -0.05) is 36.1 Å². The van der Waals surface area contributed by atoms with Gasteiger partial charge in [0.25, 0.3) is 5.91 Å². The number of rotatable bonds is 8. The molecule has 2 fully saturated rings. The van der Waals surface area contributed by atoms with Crippen molar-refractivity contribution in [2.75, 3.05) is 51.8 Å². The van der Waals surface area contributed by atoms with Crippen LogP contribution < -0.4 is 19.7 Å². The Balaban J connectivity index is 0.873. The molecule has 2 N–H and O–H groups in total. The Morgan fingerprint density at radius 3 is 2.61 bits per heavy atom. The van der Waals surface area contributed by atoms with Crippen LogP contribution in [-0.2, 0) is 16.1 Å². The minimum atomic E-state index is -0.639. The predicted octanol–water partition coefficient (Wildman–Crippen LogP) is 5.81. The van der Waals surface area contributed by atoms with E-state index in [9.17, 15) is 19.5 Å². The van der Waals surface area contributed by atoms with Crippen molar-refractivity contribution in [1.29, 1.82) is 0 Å². The highest BCUT2D eigenvalue weighted by Crippen LogP contribution is 2.48. The maximum absolute atomic E-state index is 16.1. The lowest BCUT2D eigenvalue weighted by atomic mass is 9.75. The summed E-state index contributed by atoms with van der Waals surface area (Å²) in [5.74, 6) is 7.03. The first-order valence-corrected chi connectivity index (χ1v) is 19.2. The number of nitrogens with zero attached hydrogens (tertiary/aromatic N) is 3. The van der Waals surface area contributed by atoms with E-state index in [-0.39, 0.29) is 41.6 Å². The number of hydrogen-bond donors (Lipinski definition) is 2. The van der Waals surface area contributed by atoms with Crippen LogP contribution in [0.5, 0.6) is 17.2 Å². The number of fused-ring (bicyclic) bond motifs is 2. The summed E-state index contributed by atoms with van der Waals surface area (Å²) in [5, 5.41) is 12.5. The Labute approximate surface area is 326 Å². The lowest BCUT2D eigenvalue weighted by Gasteiger charge is -2.36. The molecule has 4 aliphatic rings. The summed E-state index contributed by atoms with van der Waals surface area (Å²) in [6.45, 7) is 3.69. The van der Waals surface area contributed by atoms with Gasteiger partial charge in [-0.3, -0.25) is 24.6 Å². The fraction of sp³-hybridized carbons (Fsp3) is 0.356. The quantitative estimate of drug-likeness (QED) is 0.171. The van der Waals surface area contributed by atoms with Crippen molar-refractivity contribution in [3.63, 3.8) is 0 Å². The smallest absolute Gasteiger partial charge is 0.255 e. The van der Waals surface area contributed by atoms with E-state index < -0.39 is 11.9 Å². The molecule has 3 atom stereocenters. The summed E-state index contributed by atoms with van der Waals surface area (Å²) in [4.78, 5) is 42.9. The van der Waals surface area contributed by atoms with Crippen molar-refractivity contribution in [2.45, 2.75) is 50.1 Å². The molecule has 0 spiro atoms. The maximum Gasteiger partial charge on any atom is 0.255 e. The van der Waals surface area contributed by atoms with Crippen LogP contribution >= 0.6 is 0 Å². The van der Waals surface area contributed by atoms with Crippen LogP contribution in [0.3, 0.4) is 0 Å². The van der Waals surface area contributed by atoms with Gasteiger partial charge in [-0.25, -0.2) is 4.39 Å². The number of benzene rings is 4. The number of halogens is 1. The van der Waals surface area contributed by atoms with Gasteiger partial charge in [0.1, 0.15) is 29.1 Å². The average Bonchev–Trinajstić information content (AvgIpc) is 3.52. The SMILES string of the molecule is COc1cccc([C@H]2COc3cc(O)ccc3[C@H]2c2ccc(N3CCC(CN(C)CC#Cc4ccc5c(c4)CN(C4CCC(=O)NC4=O)C5=O)CC3)c(F)c2)c1. The number of amides is 3. The van der Waals surface area contributed by atoms with Crippen LogP contribution in [0, 0.1) is 23.6 Å². The van der Waals surface area contributed by atoms with E-state index in [4.69, 9.17) is 9.47 Å². The third kappa shape index (κ3) is 7.54. The summed E-state index contributed by atoms with van der Waals surface area (Å²) in [6.07, 6.45) is 2.44. The molecule has 56 heavy (non-hydrogen) atoms. The van der Waals surface area contributed by atoms with Gasteiger partial charge in [0.2, 0.25) is 11.8 Å². The van der Waals surface area contributed by atoms with Crippen LogP contribution in [0.2, 0.25) is 0 Å². The van der Waals surface area contributed by atoms with Crippen molar-refractivity contribution >= 4 is 23.4 Å². The van der Waals surface area contributed by atoms with Crippen molar-refractivity contribution in [3.8, 4) is 29.1 Å². The van der Waals surface area contributed by atoms with Crippen molar-refractivity contribution in [3.05, 3.63) is 118 Å². The molecule has 0 saturated carbocycles. The molecule has 0 aromatic heterocycles. The highest BCUT2D eigenvalue weighted by atomic mass is 19.1. The van der Waals surface area contributed by atoms with Gasteiger partial charge in [0.15, 0.2) is 0 Å². The van der Waals surface area contributed by atoms with Crippen LogP contribution in [0.4, 0.5) is 10.1 Å². The molecular formula is C45H45FN4O6. The van der Waals surface area contributed by atoms with E-state index >= 15 is 4.39 Å². The molecule has 10 nitrogen and oxygen atoms in total. The Hall–Kier alpha value is -5.86. The topological polar surface area (TPSA) is 112 Å². The highest BCUT2D eigenvalue weighted by Gasteiger charge is 2.39. The predicted molar refractivity (Wildman–Crippen MR) is 209 cm³/mol. The molecule has 4 heterocycles. The standard InChI is InChI=1S/C45H45FN4O6/c1-48(18-4-5-28-8-11-35-32(21-28)26-50(45(35)54)40-14-15-42(52)47-44(40)53)25-29-16-19-49(20-17-29)39-13-9-31(23-38(39)46)43-36-12-10-33(51)24-41(36)56-27-37(43)30-6-3-7-34(22-30)55-2/h3,6-13,21-24,29,37,40,43,51H,14-20,25-27H2,1-2H3,(H,47,52,53)/t37-,40?,43-/m1/s1.